The second-order valence-electron chi connectivity index (χ2n) is 10.6. The van der Waals surface area contributed by atoms with Gasteiger partial charge in [-0.2, -0.15) is 0 Å². The fourth-order valence-electron chi connectivity index (χ4n) is 5.36. The Labute approximate surface area is 228 Å². The zero-order chi connectivity index (χ0) is 27.9. The number of amides is 2. The van der Waals surface area contributed by atoms with Gasteiger partial charge in [0.1, 0.15) is 6.04 Å². The molecular formula is C30H43N3O4S. The second kappa shape index (κ2) is 13.3. The van der Waals surface area contributed by atoms with E-state index in [1.54, 1.807) is 4.90 Å². The smallest absolute Gasteiger partial charge is 0.243 e. The minimum absolute atomic E-state index is 0.102. The number of nitrogens with one attached hydrogen (secondary N) is 1. The third kappa shape index (κ3) is 8.06. The van der Waals surface area contributed by atoms with Crippen LogP contribution in [0.4, 0.5) is 5.69 Å². The number of rotatable bonds is 12. The normalized spacial score (nSPS) is 14.8. The van der Waals surface area contributed by atoms with Crippen LogP contribution in [0.2, 0.25) is 0 Å². The Morgan fingerprint density at radius 1 is 1.03 bits per heavy atom. The van der Waals surface area contributed by atoms with Crippen molar-refractivity contribution in [2.75, 3.05) is 17.1 Å². The maximum Gasteiger partial charge on any atom is 0.243 e. The molecule has 1 atom stereocenters. The molecule has 2 aromatic carbocycles. The predicted octanol–water partition coefficient (Wildman–Crippen LogP) is 5.02. The van der Waals surface area contributed by atoms with Crippen LogP contribution in [-0.2, 0) is 26.2 Å². The number of hydrogen-bond donors (Lipinski definition) is 1. The number of carbonyl (C=O) groups excluding carboxylic acids is 2. The molecule has 1 unspecified atom stereocenters. The summed E-state index contributed by atoms with van der Waals surface area (Å²) in [5.74, 6) is -0.245. The largest absolute Gasteiger partial charge is 0.352 e. The molecule has 0 spiro atoms. The minimum Gasteiger partial charge on any atom is -0.352 e. The molecule has 1 N–H and O–H groups in total. The SMILES string of the molecule is CCC(C(=O)NC1CCCC1)N(Cc1ccccc1C)C(=O)CCCN(c1cc(C)cc(C)c1)S(C)(=O)=O. The molecule has 1 saturated carbocycles. The van der Waals surface area contributed by atoms with Crippen LogP contribution >= 0.6 is 0 Å². The lowest BCUT2D eigenvalue weighted by Crippen LogP contribution is -2.51. The molecule has 0 aromatic heterocycles. The lowest BCUT2D eigenvalue weighted by molar-refractivity contribution is -0.141. The van der Waals surface area contributed by atoms with Crippen molar-refractivity contribution in [2.24, 2.45) is 0 Å². The van der Waals surface area contributed by atoms with E-state index in [0.717, 1.165) is 47.9 Å². The van der Waals surface area contributed by atoms with Crippen molar-refractivity contribution < 1.29 is 18.0 Å². The van der Waals surface area contributed by atoms with Gasteiger partial charge in [0, 0.05) is 25.6 Å². The maximum atomic E-state index is 13.7. The van der Waals surface area contributed by atoms with Crippen molar-refractivity contribution in [2.45, 2.75) is 91.3 Å². The van der Waals surface area contributed by atoms with Gasteiger partial charge in [-0.3, -0.25) is 13.9 Å². The van der Waals surface area contributed by atoms with Crippen molar-refractivity contribution >= 4 is 27.5 Å². The van der Waals surface area contributed by atoms with Crippen molar-refractivity contribution in [3.8, 4) is 0 Å². The number of nitrogens with zero attached hydrogens (tertiary/aromatic N) is 2. The van der Waals surface area contributed by atoms with Gasteiger partial charge in [-0.05, 0) is 80.8 Å². The summed E-state index contributed by atoms with van der Waals surface area (Å²) in [6.45, 7) is 8.34. The Morgan fingerprint density at radius 2 is 1.66 bits per heavy atom. The number of carbonyl (C=O) groups is 2. The highest BCUT2D eigenvalue weighted by atomic mass is 32.2. The molecule has 1 fully saturated rings. The van der Waals surface area contributed by atoms with Gasteiger partial charge < -0.3 is 10.2 Å². The van der Waals surface area contributed by atoms with Gasteiger partial charge in [0.05, 0.1) is 11.9 Å². The van der Waals surface area contributed by atoms with Gasteiger partial charge in [-0.25, -0.2) is 8.42 Å². The van der Waals surface area contributed by atoms with Gasteiger partial charge >= 0.3 is 0 Å². The molecular weight excluding hydrogens is 498 g/mol. The molecule has 0 bridgehead atoms. The Bertz CT molecular complexity index is 1200. The molecule has 1 aliphatic carbocycles. The van der Waals surface area contributed by atoms with Crippen molar-refractivity contribution in [3.05, 3.63) is 64.7 Å². The minimum atomic E-state index is -3.53. The molecule has 8 heteroatoms. The Balaban J connectivity index is 1.78. The summed E-state index contributed by atoms with van der Waals surface area (Å²) in [5.41, 5.74) is 4.63. The molecule has 3 rings (SSSR count). The van der Waals surface area contributed by atoms with Crippen LogP contribution in [-0.4, -0.2) is 50.0 Å². The first-order valence-corrected chi connectivity index (χ1v) is 15.5. The molecule has 1 aliphatic rings. The summed E-state index contributed by atoms with van der Waals surface area (Å²) >= 11 is 0. The quantitative estimate of drug-likeness (QED) is 0.409. The third-order valence-electron chi connectivity index (χ3n) is 7.34. The molecule has 7 nitrogen and oxygen atoms in total. The number of aryl methyl sites for hydroxylation is 3. The van der Waals surface area contributed by atoms with Crippen LogP contribution in [0.5, 0.6) is 0 Å². The lowest BCUT2D eigenvalue weighted by atomic mass is 10.0. The highest BCUT2D eigenvalue weighted by molar-refractivity contribution is 7.92. The molecule has 0 saturated heterocycles. The molecule has 2 aromatic rings. The van der Waals surface area contributed by atoms with Crippen LogP contribution in [0.15, 0.2) is 42.5 Å². The van der Waals surface area contributed by atoms with E-state index in [-0.39, 0.29) is 30.8 Å². The van der Waals surface area contributed by atoms with Crippen LogP contribution in [0.25, 0.3) is 0 Å². The second-order valence-corrected chi connectivity index (χ2v) is 12.6. The summed E-state index contributed by atoms with van der Waals surface area (Å²) < 4.78 is 26.6. The number of hydrogen-bond acceptors (Lipinski definition) is 4. The first-order chi connectivity index (χ1) is 18.0. The maximum absolute atomic E-state index is 13.7. The first kappa shape index (κ1) is 29.7. The monoisotopic (exact) mass is 541 g/mol. The van der Waals surface area contributed by atoms with E-state index in [4.69, 9.17) is 0 Å². The molecule has 2 amide bonds. The average molecular weight is 542 g/mol. The van der Waals surface area contributed by atoms with E-state index in [9.17, 15) is 18.0 Å². The van der Waals surface area contributed by atoms with Gasteiger partial charge in [0.25, 0.3) is 0 Å². The Morgan fingerprint density at radius 3 is 2.24 bits per heavy atom. The van der Waals surface area contributed by atoms with Gasteiger partial charge in [-0.1, -0.05) is 50.1 Å². The molecule has 0 aliphatic heterocycles. The number of benzene rings is 2. The Kier molecular flexibility index (Phi) is 10.4. The van der Waals surface area contributed by atoms with Gasteiger partial charge in [0.2, 0.25) is 21.8 Å². The molecule has 0 heterocycles. The number of sulfonamides is 1. The molecule has 0 radical (unpaired) electrons. The van der Waals surface area contributed by atoms with E-state index >= 15 is 0 Å². The number of anilines is 1. The van der Waals surface area contributed by atoms with E-state index in [2.05, 4.69) is 5.32 Å². The highest BCUT2D eigenvalue weighted by Gasteiger charge is 2.31. The summed E-state index contributed by atoms with van der Waals surface area (Å²) in [7, 11) is -3.53. The zero-order valence-corrected chi connectivity index (χ0v) is 24.3. The summed E-state index contributed by atoms with van der Waals surface area (Å²) in [4.78, 5) is 28.7. The van der Waals surface area contributed by atoms with Crippen LogP contribution < -0.4 is 9.62 Å². The van der Waals surface area contributed by atoms with Crippen molar-refractivity contribution in [3.63, 3.8) is 0 Å². The van der Waals surface area contributed by atoms with E-state index in [1.165, 1.54) is 10.6 Å². The predicted molar refractivity (Wildman–Crippen MR) is 154 cm³/mol. The average Bonchev–Trinajstić information content (AvgIpc) is 3.34. The first-order valence-electron chi connectivity index (χ1n) is 13.7. The zero-order valence-electron chi connectivity index (χ0n) is 23.5. The highest BCUT2D eigenvalue weighted by Crippen LogP contribution is 2.23. The van der Waals surface area contributed by atoms with Crippen molar-refractivity contribution in [1.29, 1.82) is 0 Å². The summed E-state index contributed by atoms with van der Waals surface area (Å²) in [6, 6.07) is 13.2. The van der Waals surface area contributed by atoms with Crippen LogP contribution in [0, 0.1) is 20.8 Å². The van der Waals surface area contributed by atoms with Gasteiger partial charge in [-0.15, -0.1) is 0 Å². The molecule has 208 valence electrons. The fraction of sp³-hybridized carbons (Fsp3) is 0.533. The van der Waals surface area contributed by atoms with Crippen LogP contribution in [0.1, 0.15) is 74.1 Å². The topological polar surface area (TPSA) is 86.8 Å². The van der Waals surface area contributed by atoms with Crippen molar-refractivity contribution in [1.82, 2.24) is 10.2 Å². The standard InChI is InChI=1S/C30H43N3O4S/c1-6-28(30(35)31-26-14-9-10-15-26)32(21-25-13-8-7-12-24(25)4)29(34)16-11-17-33(38(5,36)37)27-19-22(2)18-23(3)20-27/h7-8,12-13,18-20,26,28H,6,9-11,14-17,21H2,1-5H3,(H,31,35). The van der Waals surface area contributed by atoms with Crippen LogP contribution in [0.3, 0.4) is 0 Å². The van der Waals surface area contributed by atoms with E-state index in [0.29, 0.717) is 25.1 Å². The lowest BCUT2D eigenvalue weighted by Gasteiger charge is -2.32. The summed E-state index contributed by atoms with van der Waals surface area (Å²) in [5, 5.41) is 3.17. The summed E-state index contributed by atoms with van der Waals surface area (Å²) in [6.07, 6.45) is 6.39. The van der Waals surface area contributed by atoms with E-state index in [1.807, 2.05) is 70.2 Å². The third-order valence-corrected chi connectivity index (χ3v) is 8.53. The fourth-order valence-corrected chi connectivity index (χ4v) is 6.31. The van der Waals surface area contributed by atoms with E-state index < -0.39 is 16.1 Å². The Hall–Kier alpha value is -2.87. The van der Waals surface area contributed by atoms with Gasteiger partial charge in [0.15, 0.2) is 0 Å². The molecule has 38 heavy (non-hydrogen) atoms.